The van der Waals surface area contributed by atoms with Gasteiger partial charge in [-0.1, -0.05) is 35.9 Å². The van der Waals surface area contributed by atoms with Crippen LogP contribution in [0.3, 0.4) is 0 Å². The van der Waals surface area contributed by atoms with Gasteiger partial charge in [-0.15, -0.1) is 0 Å². The summed E-state index contributed by atoms with van der Waals surface area (Å²) >= 11 is 6.13. The lowest BCUT2D eigenvalue weighted by atomic mass is 9.88. The van der Waals surface area contributed by atoms with Gasteiger partial charge in [0.15, 0.2) is 0 Å². The van der Waals surface area contributed by atoms with Crippen LogP contribution in [0.15, 0.2) is 60.7 Å². The maximum atomic E-state index is 6.22. The van der Waals surface area contributed by atoms with Gasteiger partial charge >= 0.3 is 0 Å². The summed E-state index contributed by atoms with van der Waals surface area (Å²) in [4.78, 5) is 0. The number of benzene rings is 2. The molecule has 0 saturated heterocycles. The molecular formula is C25H27ClN2O2. The molecule has 4 rings (SSSR count). The van der Waals surface area contributed by atoms with Crippen LogP contribution in [-0.2, 0) is 4.74 Å². The van der Waals surface area contributed by atoms with Crippen LogP contribution >= 0.6 is 11.6 Å². The molecule has 0 radical (unpaired) electrons. The SMILES string of the molecule is COc1ccccc1-n1nc(C2=CC(C)(C)OC(C)(C)C2)cc1-c1ccc(Cl)cc1. The Balaban J connectivity index is 1.91. The first-order chi connectivity index (χ1) is 14.2. The molecule has 0 saturated carbocycles. The zero-order valence-corrected chi connectivity index (χ0v) is 18.8. The average Bonchev–Trinajstić information content (AvgIpc) is 3.11. The van der Waals surface area contributed by atoms with E-state index in [1.54, 1.807) is 7.11 Å². The van der Waals surface area contributed by atoms with Crippen LogP contribution in [0.2, 0.25) is 5.02 Å². The topological polar surface area (TPSA) is 36.3 Å². The van der Waals surface area contributed by atoms with E-state index < -0.39 is 0 Å². The number of hydrogen-bond donors (Lipinski definition) is 0. The van der Waals surface area contributed by atoms with Gasteiger partial charge < -0.3 is 9.47 Å². The third-order valence-corrected chi connectivity index (χ3v) is 5.42. The zero-order valence-electron chi connectivity index (χ0n) is 18.1. The van der Waals surface area contributed by atoms with Gasteiger partial charge in [0.2, 0.25) is 0 Å². The average molecular weight is 423 g/mol. The highest BCUT2D eigenvalue weighted by Crippen LogP contribution is 2.39. The zero-order chi connectivity index (χ0) is 21.5. The first-order valence-electron chi connectivity index (χ1n) is 10.1. The highest BCUT2D eigenvalue weighted by atomic mass is 35.5. The van der Waals surface area contributed by atoms with Crippen LogP contribution in [0.25, 0.3) is 22.5 Å². The van der Waals surface area contributed by atoms with Crippen LogP contribution in [0, 0.1) is 0 Å². The molecule has 0 unspecified atom stereocenters. The van der Waals surface area contributed by atoms with Crippen molar-refractivity contribution in [2.45, 2.75) is 45.3 Å². The number of aromatic nitrogens is 2. The van der Waals surface area contributed by atoms with Crippen LogP contribution in [0.5, 0.6) is 5.75 Å². The Morgan fingerprint density at radius 3 is 2.40 bits per heavy atom. The third-order valence-electron chi connectivity index (χ3n) is 5.17. The van der Waals surface area contributed by atoms with E-state index in [4.69, 9.17) is 26.2 Å². The highest BCUT2D eigenvalue weighted by Gasteiger charge is 2.35. The summed E-state index contributed by atoms with van der Waals surface area (Å²) in [6, 6.07) is 17.9. The highest BCUT2D eigenvalue weighted by molar-refractivity contribution is 6.30. The summed E-state index contributed by atoms with van der Waals surface area (Å²) in [6.07, 6.45) is 2.97. The minimum Gasteiger partial charge on any atom is -0.494 e. The number of hydrogen-bond acceptors (Lipinski definition) is 3. The maximum Gasteiger partial charge on any atom is 0.144 e. The van der Waals surface area contributed by atoms with Gasteiger partial charge in [0.25, 0.3) is 0 Å². The van der Waals surface area contributed by atoms with Crippen molar-refractivity contribution < 1.29 is 9.47 Å². The molecular weight excluding hydrogens is 396 g/mol. The van der Waals surface area contributed by atoms with Gasteiger partial charge in [0, 0.05) is 17.0 Å². The van der Waals surface area contributed by atoms with Crippen LogP contribution in [-0.4, -0.2) is 28.1 Å². The molecule has 0 amide bonds. The lowest BCUT2D eigenvalue weighted by molar-refractivity contribution is -0.100. The van der Waals surface area contributed by atoms with E-state index in [0.717, 1.165) is 34.8 Å². The summed E-state index contributed by atoms with van der Waals surface area (Å²) in [6.45, 7) is 8.43. The molecule has 0 N–H and O–H groups in total. The Bertz CT molecular complexity index is 1090. The van der Waals surface area contributed by atoms with Gasteiger partial charge in [0.1, 0.15) is 11.4 Å². The number of ether oxygens (including phenoxy) is 2. The molecule has 0 spiro atoms. The van der Waals surface area contributed by atoms with Crippen molar-refractivity contribution in [3.63, 3.8) is 0 Å². The lowest BCUT2D eigenvalue weighted by Crippen LogP contribution is -2.39. The first kappa shape index (κ1) is 20.7. The number of halogens is 1. The van der Waals surface area contributed by atoms with E-state index in [1.807, 2.05) is 53.2 Å². The number of rotatable bonds is 4. The minimum atomic E-state index is -0.355. The molecule has 156 valence electrons. The summed E-state index contributed by atoms with van der Waals surface area (Å²) in [5.41, 5.74) is 4.41. The summed E-state index contributed by atoms with van der Waals surface area (Å²) in [5, 5.41) is 5.73. The third kappa shape index (κ3) is 4.16. The predicted molar refractivity (Wildman–Crippen MR) is 122 cm³/mol. The molecule has 0 aliphatic carbocycles. The van der Waals surface area contributed by atoms with E-state index in [0.29, 0.717) is 5.02 Å². The largest absolute Gasteiger partial charge is 0.494 e. The van der Waals surface area contributed by atoms with Gasteiger partial charge in [-0.2, -0.15) is 5.10 Å². The Hall–Kier alpha value is -2.56. The molecule has 0 atom stereocenters. The van der Waals surface area contributed by atoms with E-state index in [1.165, 1.54) is 5.57 Å². The fourth-order valence-electron chi connectivity index (χ4n) is 4.22. The van der Waals surface area contributed by atoms with Gasteiger partial charge in [-0.25, -0.2) is 4.68 Å². The number of nitrogens with zero attached hydrogens (tertiary/aromatic N) is 2. The lowest BCUT2D eigenvalue weighted by Gasteiger charge is -2.39. The molecule has 3 aromatic rings. The van der Waals surface area contributed by atoms with E-state index in [-0.39, 0.29) is 11.2 Å². The molecule has 2 aromatic carbocycles. The second-order valence-corrected chi connectivity index (χ2v) is 9.25. The predicted octanol–water partition coefficient (Wildman–Crippen LogP) is 6.56. The van der Waals surface area contributed by atoms with E-state index in [9.17, 15) is 0 Å². The Morgan fingerprint density at radius 1 is 1.03 bits per heavy atom. The first-order valence-corrected chi connectivity index (χ1v) is 10.5. The Labute approximate surface area is 183 Å². The van der Waals surface area contributed by atoms with Crippen LogP contribution in [0.4, 0.5) is 0 Å². The fourth-order valence-corrected chi connectivity index (χ4v) is 4.35. The molecule has 30 heavy (non-hydrogen) atoms. The Kier molecular flexibility index (Phi) is 5.25. The molecule has 0 fully saturated rings. The molecule has 4 nitrogen and oxygen atoms in total. The van der Waals surface area contributed by atoms with Crippen molar-refractivity contribution in [3.05, 3.63) is 71.4 Å². The van der Waals surface area contributed by atoms with Crippen molar-refractivity contribution in [2.75, 3.05) is 7.11 Å². The molecule has 5 heteroatoms. The molecule has 0 bridgehead atoms. The van der Waals surface area contributed by atoms with Crippen molar-refractivity contribution in [2.24, 2.45) is 0 Å². The summed E-state index contributed by atoms with van der Waals surface area (Å²) in [7, 11) is 1.68. The Morgan fingerprint density at radius 2 is 1.73 bits per heavy atom. The molecule has 1 aliphatic heterocycles. The molecule has 1 aliphatic rings. The maximum absolute atomic E-state index is 6.22. The molecule has 2 heterocycles. The van der Waals surface area contributed by atoms with Crippen molar-refractivity contribution in [3.8, 4) is 22.7 Å². The van der Waals surface area contributed by atoms with Crippen LogP contribution in [0.1, 0.15) is 39.8 Å². The van der Waals surface area contributed by atoms with Gasteiger partial charge in [0.05, 0.1) is 29.7 Å². The van der Waals surface area contributed by atoms with Crippen molar-refractivity contribution in [1.82, 2.24) is 9.78 Å². The standard InChI is InChI=1S/C25H27ClN2O2/c1-24(2)15-18(16-25(3,4)30-24)20-14-22(17-10-12-19(26)13-11-17)28(27-20)21-8-6-7-9-23(21)29-5/h6-15H,16H2,1-5H3. The quantitative estimate of drug-likeness (QED) is 0.477. The van der Waals surface area contributed by atoms with Gasteiger partial charge in [-0.05, 0) is 69.7 Å². The molecule has 1 aromatic heterocycles. The fraction of sp³-hybridized carbons (Fsp3) is 0.320. The van der Waals surface area contributed by atoms with E-state index >= 15 is 0 Å². The smallest absolute Gasteiger partial charge is 0.144 e. The number of methoxy groups -OCH3 is 1. The van der Waals surface area contributed by atoms with Crippen molar-refractivity contribution in [1.29, 1.82) is 0 Å². The second-order valence-electron chi connectivity index (χ2n) is 8.82. The summed E-state index contributed by atoms with van der Waals surface area (Å²) < 4.78 is 13.8. The van der Waals surface area contributed by atoms with E-state index in [2.05, 4.69) is 39.8 Å². The number of para-hydroxylation sites is 2. The monoisotopic (exact) mass is 422 g/mol. The minimum absolute atomic E-state index is 0.262. The summed E-state index contributed by atoms with van der Waals surface area (Å²) in [5.74, 6) is 0.768. The normalized spacial score (nSPS) is 17.5. The van der Waals surface area contributed by atoms with Crippen molar-refractivity contribution >= 4 is 17.2 Å². The van der Waals surface area contributed by atoms with Crippen LogP contribution < -0.4 is 4.74 Å². The van der Waals surface area contributed by atoms with Gasteiger partial charge in [-0.3, -0.25) is 0 Å². The second kappa shape index (κ2) is 7.60.